The summed E-state index contributed by atoms with van der Waals surface area (Å²) in [6.07, 6.45) is 1.56. The van der Waals surface area contributed by atoms with E-state index < -0.39 is 5.60 Å². The van der Waals surface area contributed by atoms with Gasteiger partial charge in [-0.05, 0) is 31.9 Å². The SMILES string of the molecule is CC1(O)CCN(c2ccc3scnc3c2N)CC1. The third-order valence-corrected chi connectivity index (χ3v) is 4.49. The van der Waals surface area contributed by atoms with Gasteiger partial charge in [-0.2, -0.15) is 0 Å². The van der Waals surface area contributed by atoms with Gasteiger partial charge in [-0.25, -0.2) is 4.98 Å². The molecule has 0 atom stereocenters. The van der Waals surface area contributed by atoms with Crippen molar-refractivity contribution in [1.29, 1.82) is 0 Å². The Morgan fingerprint density at radius 1 is 1.39 bits per heavy atom. The molecule has 1 saturated heterocycles. The highest BCUT2D eigenvalue weighted by atomic mass is 32.1. The van der Waals surface area contributed by atoms with Crippen molar-refractivity contribution in [2.45, 2.75) is 25.4 Å². The summed E-state index contributed by atoms with van der Waals surface area (Å²) >= 11 is 1.61. The number of hydrogen-bond acceptors (Lipinski definition) is 5. The Morgan fingerprint density at radius 3 is 2.83 bits per heavy atom. The molecule has 5 heteroatoms. The van der Waals surface area contributed by atoms with Crippen LogP contribution in [0.1, 0.15) is 19.8 Å². The van der Waals surface area contributed by atoms with Crippen molar-refractivity contribution in [2.75, 3.05) is 23.7 Å². The number of nitrogen functional groups attached to an aromatic ring is 1. The van der Waals surface area contributed by atoms with Crippen molar-refractivity contribution in [3.8, 4) is 0 Å². The zero-order valence-electron chi connectivity index (χ0n) is 10.4. The molecule has 2 aromatic rings. The number of aromatic nitrogens is 1. The van der Waals surface area contributed by atoms with Gasteiger partial charge in [-0.3, -0.25) is 0 Å². The Kier molecular flexibility index (Phi) is 2.68. The number of nitrogens with two attached hydrogens (primary N) is 1. The van der Waals surface area contributed by atoms with E-state index in [2.05, 4.69) is 22.0 Å². The van der Waals surface area contributed by atoms with Crippen molar-refractivity contribution < 1.29 is 5.11 Å². The zero-order chi connectivity index (χ0) is 12.8. The molecule has 0 unspecified atom stereocenters. The number of nitrogens with zero attached hydrogens (tertiary/aromatic N) is 2. The molecule has 2 heterocycles. The van der Waals surface area contributed by atoms with Gasteiger partial charge in [0.25, 0.3) is 0 Å². The number of fused-ring (bicyclic) bond motifs is 1. The number of rotatable bonds is 1. The van der Waals surface area contributed by atoms with Gasteiger partial charge in [0.15, 0.2) is 0 Å². The van der Waals surface area contributed by atoms with Gasteiger partial charge in [0.05, 0.1) is 27.2 Å². The van der Waals surface area contributed by atoms with Gasteiger partial charge >= 0.3 is 0 Å². The Bertz CT molecular complexity index is 569. The predicted molar refractivity (Wildman–Crippen MR) is 76.1 cm³/mol. The summed E-state index contributed by atoms with van der Waals surface area (Å²) in [7, 11) is 0. The molecule has 18 heavy (non-hydrogen) atoms. The van der Waals surface area contributed by atoms with E-state index in [1.165, 1.54) is 0 Å². The molecular weight excluding hydrogens is 246 g/mol. The smallest absolute Gasteiger partial charge is 0.106 e. The fourth-order valence-corrected chi connectivity index (χ4v) is 3.14. The molecule has 3 N–H and O–H groups in total. The highest BCUT2D eigenvalue weighted by Crippen LogP contribution is 2.35. The molecule has 0 bridgehead atoms. The lowest BCUT2D eigenvalue weighted by Crippen LogP contribution is -2.42. The maximum absolute atomic E-state index is 9.98. The van der Waals surface area contributed by atoms with E-state index in [9.17, 15) is 5.11 Å². The Morgan fingerprint density at radius 2 is 2.11 bits per heavy atom. The van der Waals surface area contributed by atoms with Crippen molar-refractivity contribution in [1.82, 2.24) is 4.98 Å². The second kappa shape index (κ2) is 4.10. The minimum Gasteiger partial charge on any atom is -0.395 e. The Labute approximate surface area is 110 Å². The summed E-state index contributed by atoms with van der Waals surface area (Å²) < 4.78 is 1.13. The number of aliphatic hydroxyl groups is 1. The molecule has 96 valence electrons. The lowest BCUT2D eigenvalue weighted by atomic mass is 9.93. The van der Waals surface area contributed by atoms with Crippen LogP contribution < -0.4 is 10.6 Å². The highest BCUT2D eigenvalue weighted by molar-refractivity contribution is 7.16. The van der Waals surface area contributed by atoms with Gasteiger partial charge in [-0.15, -0.1) is 11.3 Å². The summed E-state index contributed by atoms with van der Waals surface area (Å²) in [6.45, 7) is 3.58. The molecular formula is C13H17N3OS. The molecule has 0 amide bonds. The van der Waals surface area contributed by atoms with E-state index in [0.717, 1.165) is 47.5 Å². The first-order chi connectivity index (χ1) is 8.57. The van der Waals surface area contributed by atoms with Crippen molar-refractivity contribution in [3.63, 3.8) is 0 Å². The largest absolute Gasteiger partial charge is 0.395 e. The fourth-order valence-electron chi connectivity index (χ4n) is 2.45. The Balaban J connectivity index is 1.93. The molecule has 1 fully saturated rings. The molecule has 0 radical (unpaired) electrons. The molecule has 1 aliphatic heterocycles. The standard InChI is InChI=1S/C13H17N3OS/c1-13(17)4-6-16(7-5-13)9-2-3-10-12(11(9)14)15-8-18-10/h2-3,8,17H,4-7,14H2,1H3. The van der Waals surface area contributed by atoms with E-state index in [4.69, 9.17) is 5.73 Å². The fraction of sp³-hybridized carbons (Fsp3) is 0.462. The molecule has 1 aliphatic rings. The van der Waals surface area contributed by atoms with Gasteiger partial charge < -0.3 is 15.7 Å². The van der Waals surface area contributed by atoms with Crippen LogP contribution in [0.3, 0.4) is 0 Å². The number of thiazole rings is 1. The zero-order valence-corrected chi connectivity index (χ0v) is 11.2. The predicted octanol–water partition coefficient (Wildman–Crippen LogP) is 2.23. The molecule has 1 aromatic carbocycles. The average molecular weight is 263 g/mol. The molecule has 0 saturated carbocycles. The van der Waals surface area contributed by atoms with Crippen LogP contribution >= 0.6 is 11.3 Å². The number of anilines is 2. The first kappa shape index (κ1) is 11.7. The summed E-state index contributed by atoms with van der Waals surface area (Å²) in [5.74, 6) is 0. The van der Waals surface area contributed by atoms with Crippen LogP contribution in [-0.2, 0) is 0 Å². The lowest BCUT2D eigenvalue weighted by Gasteiger charge is -2.37. The third-order valence-electron chi connectivity index (χ3n) is 3.70. The minimum absolute atomic E-state index is 0.532. The molecule has 3 rings (SSSR count). The first-order valence-electron chi connectivity index (χ1n) is 6.16. The topological polar surface area (TPSA) is 62.4 Å². The normalized spacial score (nSPS) is 19.3. The number of hydrogen-bond donors (Lipinski definition) is 2. The van der Waals surface area contributed by atoms with E-state index in [1.807, 2.05) is 12.4 Å². The van der Waals surface area contributed by atoms with Crippen molar-refractivity contribution >= 4 is 32.9 Å². The van der Waals surface area contributed by atoms with Crippen LogP contribution in [0.25, 0.3) is 10.2 Å². The maximum Gasteiger partial charge on any atom is 0.106 e. The Hall–Kier alpha value is -1.33. The highest BCUT2D eigenvalue weighted by Gasteiger charge is 2.28. The third kappa shape index (κ3) is 1.93. The lowest BCUT2D eigenvalue weighted by molar-refractivity contribution is 0.0351. The van der Waals surface area contributed by atoms with Crippen LogP contribution in [0, 0.1) is 0 Å². The van der Waals surface area contributed by atoms with Crippen LogP contribution in [0.2, 0.25) is 0 Å². The summed E-state index contributed by atoms with van der Waals surface area (Å²) in [4.78, 5) is 6.56. The maximum atomic E-state index is 9.98. The first-order valence-corrected chi connectivity index (χ1v) is 7.04. The minimum atomic E-state index is -0.532. The average Bonchev–Trinajstić information content (AvgIpc) is 2.79. The second-order valence-corrected chi connectivity index (χ2v) is 6.07. The molecule has 4 nitrogen and oxygen atoms in total. The van der Waals surface area contributed by atoms with Gasteiger partial charge in [-0.1, -0.05) is 0 Å². The van der Waals surface area contributed by atoms with Crippen molar-refractivity contribution in [2.24, 2.45) is 0 Å². The van der Waals surface area contributed by atoms with Crippen LogP contribution in [0.4, 0.5) is 11.4 Å². The second-order valence-electron chi connectivity index (χ2n) is 5.18. The quantitative estimate of drug-likeness (QED) is 0.775. The molecule has 0 aliphatic carbocycles. The summed E-state index contributed by atoms with van der Waals surface area (Å²) in [5, 5.41) is 9.98. The number of piperidine rings is 1. The summed E-state index contributed by atoms with van der Waals surface area (Å²) in [6, 6.07) is 4.14. The van der Waals surface area contributed by atoms with Gasteiger partial charge in [0, 0.05) is 13.1 Å². The van der Waals surface area contributed by atoms with Gasteiger partial charge in [0.1, 0.15) is 5.52 Å². The molecule has 1 aromatic heterocycles. The van der Waals surface area contributed by atoms with Crippen LogP contribution in [-0.4, -0.2) is 28.8 Å². The van der Waals surface area contributed by atoms with Gasteiger partial charge in [0.2, 0.25) is 0 Å². The van der Waals surface area contributed by atoms with Crippen molar-refractivity contribution in [3.05, 3.63) is 17.6 Å². The van der Waals surface area contributed by atoms with E-state index in [0.29, 0.717) is 0 Å². The monoisotopic (exact) mass is 263 g/mol. The molecule has 0 spiro atoms. The van der Waals surface area contributed by atoms with Crippen LogP contribution in [0.5, 0.6) is 0 Å². The van der Waals surface area contributed by atoms with Crippen LogP contribution in [0.15, 0.2) is 17.6 Å². The van der Waals surface area contributed by atoms with E-state index >= 15 is 0 Å². The van der Waals surface area contributed by atoms with E-state index in [1.54, 1.807) is 11.3 Å². The number of benzene rings is 1. The summed E-state index contributed by atoms with van der Waals surface area (Å²) in [5.41, 5.74) is 10.2. The van der Waals surface area contributed by atoms with E-state index in [-0.39, 0.29) is 0 Å².